The van der Waals surface area contributed by atoms with Crippen LogP contribution >= 0.6 is 11.3 Å². The van der Waals surface area contributed by atoms with Crippen molar-refractivity contribution in [2.75, 3.05) is 6.54 Å². The fraction of sp³-hybridized carbons (Fsp3) is 0.467. The smallest absolute Gasteiger partial charge is 0.257 e. The van der Waals surface area contributed by atoms with Gasteiger partial charge in [-0.1, -0.05) is 6.07 Å². The summed E-state index contributed by atoms with van der Waals surface area (Å²) in [7, 11) is 0. The van der Waals surface area contributed by atoms with Crippen LogP contribution in [0.25, 0.3) is 10.8 Å². The summed E-state index contributed by atoms with van der Waals surface area (Å²) < 4.78 is 7.79. The van der Waals surface area contributed by atoms with Crippen molar-refractivity contribution in [2.24, 2.45) is 0 Å². The average Bonchev–Trinajstić information content (AvgIpc) is 3.33. The molecule has 1 aliphatic heterocycles. The maximum absolute atomic E-state index is 5.90. The van der Waals surface area contributed by atoms with Crippen LogP contribution in [-0.4, -0.2) is 42.4 Å². The van der Waals surface area contributed by atoms with Crippen LogP contribution in [0, 0.1) is 0 Å². The van der Waals surface area contributed by atoms with Gasteiger partial charge < -0.3 is 4.42 Å². The first kappa shape index (κ1) is 14.5. The van der Waals surface area contributed by atoms with Crippen LogP contribution in [0.4, 0.5) is 0 Å². The molecular weight excluding hydrogens is 312 g/mol. The molecule has 0 unspecified atom stereocenters. The summed E-state index contributed by atoms with van der Waals surface area (Å²) in [5.41, 5.74) is 0. The number of likely N-dealkylation sites (tertiary alicyclic amines) is 1. The van der Waals surface area contributed by atoms with E-state index in [9.17, 15) is 0 Å². The summed E-state index contributed by atoms with van der Waals surface area (Å²) in [6, 6.07) is 4.51. The zero-order valence-corrected chi connectivity index (χ0v) is 13.7. The molecular formula is C15H18N6OS. The van der Waals surface area contributed by atoms with Crippen molar-refractivity contribution in [3.05, 3.63) is 36.1 Å². The van der Waals surface area contributed by atoms with Crippen LogP contribution in [-0.2, 0) is 6.54 Å². The van der Waals surface area contributed by atoms with Crippen LogP contribution in [0.3, 0.4) is 0 Å². The van der Waals surface area contributed by atoms with Crippen molar-refractivity contribution in [3.63, 3.8) is 0 Å². The normalized spacial score (nSPS) is 20.1. The van der Waals surface area contributed by atoms with Gasteiger partial charge >= 0.3 is 0 Å². The van der Waals surface area contributed by atoms with Crippen molar-refractivity contribution >= 4 is 11.3 Å². The monoisotopic (exact) mass is 330 g/mol. The largest absolute Gasteiger partial charge is 0.418 e. The van der Waals surface area contributed by atoms with Gasteiger partial charge in [0.1, 0.15) is 12.7 Å². The molecule has 0 spiro atoms. The Kier molecular flexibility index (Phi) is 3.92. The van der Waals surface area contributed by atoms with Crippen molar-refractivity contribution in [1.82, 2.24) is 29.9 Å². The molecule has 1 saturated heterocycles. The van der Waals surface area contributed by atoms with Gasteiger partial charge in [0.25, 0.3) is 5.89 Å². The summed E-state index contributed by atoms with van der Waals surface area (Å²) in [5, 5.41) is 14.7. The number of thiophene rings is 1. The SMILES string of the molecule is C[C@H](c1nnc(-c2cccs2)o1)N1CCC[C@H]1Cn1cncn1. The Hall–Kier alpha value is -2.06. The van der Waals surface area contributed by atoms with E-state index >= 15 is 0 Å². The zero-order valence-electron chi connectivity index (χ0n) is 12.9. The lowest BCUT2D eigenvalue weighted by atomic mass is 10.2. The van der Waals surface area contributed by atoms with Gasteiger partial charge in [-0.05, 0) is 37.8 Å². The molecule has 0 saturated carbocycles. The maximum Gasteiger partial charge on any atom is 0.257 e. The van der Waals surface area contributed by atoms with Crippen molar-refractivity contribution in [3.8, 4) is 10.8 Å². The molecule has 7 nitrogen and oxygen atoms in total. The first-order chi connectivity index (χ1) is 11.3. The second-order valence-electron chi connectivity index (χ2n) is 5.75. The van der Waals surface area contributed by atoms with Crippen LogP contribution in [0.1, 0.15) is 31.7 Å². The van der Waals surface area contributed by atoms with Crippen LogP contribution < -0.4 is 0 Å². The summed E-state index contributed by atoms with van der Waals surface area (Å²) in [6.07, 6.45) is 5.67. The lowest BCUT2D eigenvalue weighted by molar-refractivity contribution is 0.152. The van der Waals surface area contributed by atoms with E-state index in [-0.39, 0.29) is 6.04 Å². The quantitative estimate of drug-likeness (QED) is 0.716. The molecule has 3 aromatic rings. The van der Waals surface area contributed by atoms with Gasteiger partial charge in [0.15, 0.2) is 0 Å². The number of nitrogens with zero attached hydrogens (tertiary/aromatic N) is 6. The molecule has 4 rings (SSSR count). The third kappa shape index (κ3) is 2.91. The lowest BCUT2D eigenvalue weighted by Gasteiger charge is -2.28. The second-order valence-corrected chi connectivity index (χ2v) is 6.70. The molecule has 4 heterocycles. The highest BCUT2D eigenvalue weighted by molar-refractivity contribution is 7.13. The average molecular weight is 330 g/mol. The van der Waals surface area contributed by atoms with Crippen molar-refractivity contribution < 1.29 is 4.42 Å². The zero-order chi connectivity index (χ0) is 15.6. The summed E-state index contributed by atoms with van der Waals surface area (Å²) in [5.74, 6) is 1.28. The van der Waals surface area contributed by atoms with E-state index in [1.54, 1.807) is 24.0 Å². The fourth-order valence-corrected chi connectivity index (χ4v) is 3.80. The highest BCUT2D eigenvalue weighted by Gasteiger charge is 2.32. The van der Waals surface area contributed by atoms with E-state index < -0.39 is 0 Å². The third-order valence-corrected chi connectivity index (χ3v) is 5.17. The number of rotatable bonds is 5. The van der Waals surface area contributed by atoms with Crippen molar-refractivity contribution in [2.45, 2.75) is 38.4 Å². The molecule has 1 fully saturated rings. The van der Waals surface area contributed by atoms with Gasteiger partial charge in [-0.2, -0.15) is 5.10 Å². The second kappa shape index (κ2) is 6.21. The number of hydrogen-bond donors (Lipinski definition) is 0. The molecule has 120 valence electrons. The van der Waals surface area contributed by atoms with E-state index in [4.69, 9.17) is 4.42 Å². The Labute approximate surface area is 138 Å². The molecule has 0 amide bonds. The first-order valence-electron chi connectivity index (χ1n) is 7.76. The highest BCUT2D eigenvalue weighted by Crippen LogP contribution is 2.31. The van der Waals surface area contributed by atoms with Gasteiger partial charge in [0.2, 0.25) is 5.89 Å². The van der Waals surface area contributed by atoms with Gasteiger partial charge in [-0.15, -0.1) is 21.5 Å². The topological polar surface area (TPSA) is 72.9 Å². The summed E-state index contributed by atoms with van der Waals surface area (Å²) in [4.78, 5) is 7.45. The lowest BCUT2D eigenvalue weighted by Crippen LogP contribution is -2.35. The third-order valence-electron chi connectivity index (χ3n) is 4.31. The Morgan fingerprint density at radius 3 is 3.17 bits per heavy atom. The molecule has 0 radical (unpaired) electrons. The fourth-order valence-electron chi connectivity index (χ4n) is 3.15. The number of aromatic nitrogens is 5. The minimum Gasteiger partial charge on any atom is -0.418 e. The summed E-state index contributed by atoms with van der Waals surface area (Å²) >= 11 is 1.61. The predicted molar refractivity (Wildman–Crippen MR) is 85.8 cm³/mol. The minimum absolute atomic E-state index is 0.104. The Bertz CT molecular complexity index is 738. The maximum atomic E-state index is 5.90. The first-order valence-corrected chi connectivity index (χ1v) is 8.64. The molecule has 0 bridgehead atoms. The highest BCUT2D eigenvalue weighted by atomic mass is 32.1. The van der Waals surface area contributed by atoms with Gasteiger partial charge in [0, 0.05) is 6.04 Å². The Balaban J connectivity index is 1.50. The van der Waals surface area contributed by atoms with Crippen LogP contribution in [0.5, 0.6) is 0 Å². The Morgan fingerprint density at radius 1 is 1.43 bits per heavy atom. The molecule has 1 aliphatic rings. The van der Waals surface area contributed by atoms with Gasteiger partial charge in [-0.25, -0.2) is 4.98 Å². The molecule has 8 heteroatoms. The number of hydrogen-bond acceptors (Lipinski definition) is 7. The standard InChI is InChI=1S/C15H18N6OS/c1-11(14-18-19-15(22-14)13-5-3-7-23-13)21-6-2-4-12(21)8-20-10-16-9-17-20/h3,5,7,9-12H,2,4,6,8H2,1H3/t11-,12+/m1/s1. The molecule has 23 heavy (non-hydrogen) atoms. The molecule has 0 N–H and O–H groups in total. The van der Waals surface area contributed by atoms with E-state index in [1.807, 2.05) is 22.2 Å². The Morgan fingerprint density at radius 2 is 2.39 bits per heavy atom. The van der Waals surface area contributed by atoms with Gasteiger partial charge in [0.05, 0.1) is 17.5 Å². The van der Waals surface area contributed by atoms with E-state index in [0.29, 0.717) is 17.8 Å². The van der Waals surface area contributed by atoms with Crippen LogP contribution in [0.2, 0.25) is 0 Å². The molecule has 0 aliphatic carbocycles. The molecule has 3 aromatic heterocycles. The van der Waals surface area contributed by atoms with E-state index in [0.717, 1.165) is 24.4 Å². The minimum atomic E-state index is 0.104. The van der Waals surface area contributed by atoms with Crippen molar-refractivity contribution in [1.29, 1.82) is 0 Å². The van der Waals surface area contributed by atoms with Gasteiger partial charge in [-0.3, -0.25) is 9.58 Å². The summed E-state index contributed by atoms with van der Waals surface area (Å²) in [6.45, 7) is 4.01. The van der Waals surface area contributed by atoms with E-state index in [2.05, 4.69) is 32.1 Å². The molecule has 0 aromatic carbocycles. The van der Waals surface area contributed by atoms with E-state index in [1.165, 1.54) is 6.42 Å². The predicted octanol–water partition coefficient (Wildman–Crippen LogP) is 2.62. The van der Waals surface area contributed by atoms with Crippen LogP contribution in [0.15, 0.2) is 34.6 Å². The molecule has 2 atom stereocenters.